The van der Waals surface area contributed by atoms with Gasteiger partial charge in [0, 0.05) is 39.1 Å². The third-order valence-electron chi connectivity index (χ3n) is 4.45. The highest BCUT2D eigenvalue weighted by molar-refractivity contribution is 5.79. The van der Waals surface area contributed by atoms with Crippen molar-refractivity contribution >= 4 is 5.96 Å². The van der Waals surface area contributed by atoms with Crippen LogP contribution in [0.15, 0.2) is 47.7 Å². The van der Waals surface area contributed by atoms with Crippen LogP contribution in [0.4, 0.5) is 0 Å². The maximum Gasteiger partial charge on any atom is 0.193 e. The molecule has 0 bridgehead atoms. The van der Waals surface area contributed by atoms with Gasteiger partial charge in [-0.2, -0.15) is 5.10 Å². The molecule has 1 aromatic carbocycles. The summed E-state index contributed by atoms with van der Waals surface area (Å²) >= 11 is 0. The summed E-state index contributed by atoms with van der Waals surface area (Å²) in [6.07, 6.45) is 6.24. The lowest BCUT2D eigenvalue weighted by Crippen LogP contribution is -2.45. The van der Waals surface area contributed by atoms with Crippen LogP contribution < -0.4 is 5.32 Å². The second kappa shape index (κ2) is 7.31. The Balaban J connectivity index is 1.57. The summed E-state index contributed by atoms with van der Waals surface area (Å²) in [7, 11) is 1.86. The van der Waals surface area contributed by atoms with Gasteiger partial charge in [-0.25, -0.2) is 4.68 Å². The fraction of sp³-hybridized carbons (Fsp3) is 0.444. The first kappa shape index (κ1) is 15.6. The highest BCUT2D eigenvalue weighted by Crippen LogP contribution is 2.16. The van der Waals surface area contributed by atoms with Crippen molar-refractivity contribution in [1.29, 1.82) is 0 Å². The van der Waals surface area contributed by atoms with Gasteiger partial charge in [0.25, 0.3) is 0 Å². The molecule has 1 fully saturated rings. The van der Waals surface area contributed by atoms with Gasteiger partial charge in [-0.05, 0) is 42.5 Å². The Kier molecular flexibility index (Phi) is 4.95. The molecule has 23 heavy (non-hydrogen) atoms. The lowest BCUT2D eigenvalue weighted by Gasteiger charge is -2.32. The SMILES string of the molecule is CN=C(NCc1ccc(-n2cccn2)cc1)N1CCC(C)CC1. The average molecular weight is 311 g/mol. The molecule has 0 saturated carbocycles. The number of guanidine groups is 1. The highest BCUT2D eigenvalue weighted by Gasteiger charge is 2.18. The predicted octanol–water partition coefficient (Wildman–Crippen LogP) is 2.68. The third kappa shape index (κ3) is 3.92. The van der Waals surface area contributed by atoms with Crippen LogP contribution in [0.25, 0.3) is 5.69 Å². The van der Waals surface area contributed by atoms with E-state index in [-0.39, 0.29) is 0 Å². The lowest BCUT2D eigenvalue weighted by atomic mass is 10.00. The summed E-state index contributed by atoms with van der Waals surface area (Å²) in [5.41, 5.74) is 2.32. The first-order chi connectivity index (χ1) is 11.3. The molecule has 0 unspecified atom stereocenters. The van der Waals surface area contributed by atoms with Crippen molar-refractivity contribution in [3.63, 3.8) is 0 Å². The van der Waals surface area contributed by atoms with E-state index in [1.807, 2.05) is 24.0 Å². The summed E-state index contributed by atoms with van der Waals surface area (Å²) in [6.45, 7) is 5.31. The normalized spacial score (nSPS) is 16.6. The average Bonchev–Trinajstić information content (AvgIpc) is 3.12. The van der Waals surface area contributed by atoms with Gasteiger partial charge in [0.05, 0.1) is 5.69 Å². The van der Waals surface area contributed by atoms with E-state index in [2.05, 4.69) is 51.5 Å². The molecule has 1 aromatic heterocycles. The molecule has 1 aliphatic rings. The molecular formula is C18H25N5. The molecule has 3 rings (SSSR count). The topological polar surface area (TPSA) is 45.5 Å². The van der Waals surface area contributed by atoms with Gasteiger partial charge in [0.2, 0.25) is 0 Å². The number of nitrogens with one attached hydrogen (secondary N) is 1. The van der Waals surface area contributed by atoms with Crippen molar-refractivity contribution in [2.24, 2.45) is 10.9 Å². The molecular weight excluding hydrogens is 286 g/mol. The first-order valence-electron chi connectivity index (χ1n) is 8.31. The summed E-state index contributed by atoms with van der Waals surface area (Å²) in [6, 6.07) is 10.4. The summed E-state index contributed by atoms with van der Waals surface area (Å²) in [5, 5.41) is 7.72. The Bertz CT molecular complexity index is 622. The zero-order valence-electron chi connectivity index (χ0n) is 13.9. The number of aliphatic imine (C=N–C) groups is 1. The number of hydrogen-bond acceptors (Lipinski definition) is 2. The Labute approximate surface area is 138 Å². The molecule has 0 atom stereocenters. The van der Waals surface area contributed by atoms with E-state index in [0.29, 0.717) is 0 Å². The Morgan fingerprint density at radius 3 is 2.61 bits per heavy atom. The number of benzene rings is 1. The Morgan fingerprint density at radius 1 is 1.26 bits per heavy atom. The van der Waals surface area contributed by atoms with Crippen LogP contribution in [-0.4, -0.2) is 40.8 Å². The van der Waals surface area contributed by atoms with Crippen LogP contribution >= 0.6 is 0 Å². The standard InChI is InChI=1S/C18H25N5/c1-15-8-12-22(13-9-15)18(19-2)20-14-16-4-6-17(7-5-16)23-11-3-10-21-23/h3-7,10-11,15H,8-9,12-14H2,1-2H3,(H,19,20). The fourth-order valence-corrected chi connectivity index (χ4v) is 2.92. The van der Waals surface area contributed by atoms with Crippen molar-refractivity contribution in [2.45, 2.75) is 26.3 Å². The molecule has 1 N–H and O–H groups in total. The molecule has 2 aromatic rings. The van der Waals surface area contributed by atoms with Crippen LogP contribution in [0.3, 0.4) is 0 Å². The van der Waals surface area contributed by atoms with Crippen molar-refractivity contribution in [3.05, 3.63) is 48.3 Å². The highest BCUT2D eigenvalue weighted by atomic mass is 15.3. The quantitative estimate of drug-likeness (QED) is 0.700. The van der Waals surface area contributed by atoms with Crippen LogP contribution in [0.1, 0.15) is 25.3 Å². The van der Waals surface area contributed by atoms with E-state index in [1.54, 1.807) is 6.20 Å². The van der Waals surface area contributed by atoms with Gasteiger partial charge in [-0.1, -0.05) is 19.1 Å². The zero-order valence-corrected chi connectivity index (χ0v) is 13.9. The summed E-state index contributed by atoms with van der Waals surface area (Å²) in [4.78, 5) is 6.79. The summed E-state index contributed by atoms with van der Waals surface area (Å²) < 4.78 is 1.87. The van der Waals surface area contributed by atoms with Crippen LogP contribution in [0.2, 0.25) is 0 Å². The van der Waals surface area contributed by atoms with Crippen LogP contribution in [-0.2, 0) is 6.54 Å². The van der Waals surface area contributed by atoms with E-state index in [9.17, 15) is 0 Å². The molecule has 0 amide bonds. The molecule has 0 spiro atoms. The number of likely N-dealkylation sites (tertiary alicyclic amines) is 1. The summed E-state index contributed by atoms with van der Waals surface area (Å²) in [5.74, 6) is 1.84. The molecule has 122 valence electrons. The second-order valence-electron chi connectivity index (χ2n) is 6.19. The lowest BCUT2D eigenvalue weighted by molar-refractivity contribution is 0.273. The van der Waals surface area contributed by atoms with Gasteiger partial charge in [0.15, 0.2) is 5.96 Å². The molecule has 0 radical (unpaired) electrons. The molecule has 1 saturated heterocycles. The minimum absolute atomic E-state index is 0.790. The Hall–Kier alpha value is -2.30. The van der Waals surface area contributed by atoms with Gasteiger partial charge in [-0.3, -0.25) is 4.99 Å². The van der Waals surface area contributed by atoms with Crippen molar-refractivity contribution in [3.8, 4) is 5.69 Å². The van der Waals surface area contributed by atoms with E-state index >= 15 is 0 Å². The molecule has 5 heteroatoms. The van der Waals surface area contributed by atoms with Crippen molar-refractivity contribution in [2.75, 3.05) is 20.1 Å². The maximum absolute atomic E-state index is 4.43. The van der Waals surface area contributed by atoms with Crippen LogP contribution in [0, 0.1) is 5.92 Å². The molecule has 1 aliphatic heterocycles. The third-order valence-corrected chi connectivity index (χ3v) is 4.45. The maximum atomic E-state index is 4.43. The number of nitrogens with zero attached hydrogens (tertiary/aromatic N) is 4. The van der Waals surface area contributed by atoms with E-state index in [4.69, 9.17) is 0 Å². The van der Waals surface area contributed by atoms with E-state index in [0.717, 1.165) is 37.2 Å². The minimum Gasteiger partial charge on any atom is -0.352 e. The monoisotopic (exact) mass is 311 g/mol. The number of rotatable bonds is 3. The second-order valence-corrected chi connectivity index (χ2v) is 6.19. The van der Waals surface area contributed by atoms with Crippen LogP contribution in [0.5, 0.6) is 0 Å². The van der Waals surface area contributed by atoms with Gasteiger partial charge in [-0.15, -0.1) is 0 Å². The zero-order chi connectivity index (χ0) is 16.1. The van der Waals surface area contributed by atoms with E-state index in [1.165, 1.54) is 18.4 Å². The van der Waals surface area contributed by atoms with Gasteiger partial charge in [0.1, 0.15) is 0 Å². The predicted molar refractivity (Wildman–Crippen MR) is 93.7 cm³/mol. The minimum atomic E-state index is 0.790. The molecule has 2 heterocycles. The fourth-order valence-electron chi connectivity index (χ4n) is 2.92. The molecule has 5 nitrogen and oxygen atoms in total. The Morgan fingerprint density at radius 2 is 2.00 bits per heavy atom. The number of piperidine rings is 1. The van der Waals surface area contributed by atoms with E-state index < -0.39 is 0 Å². The number of aromatic nitrogens is 2. The van der Waals surface area contributed by atoms with Crippen molar-refractivity contribution < 1.29 is 0 Å². The van der Waals surface area contributed by atoms with Gasteiger partial charge >= 0.3 is 0 Å². The first-order valence-corrected chi connectivity index (χ1v) is 8.31. The number of hydrogen-bond donors (Lipinski definition) is 1. The van der Waals surface area contributed by atoms with Gasteiger partial charge < -0.3 is 10.2 Å². The van der Waals surface area contributed by atoms with Crippen molar-refractivity contribution in [1.82, 2.24) is 20.0 Å². The molecule has 0 aliphatic carbocycles. The smallest absolute Gasteiger partial charge is 0.193 e. The largest absolute Gasteiger partial charge is 0.352 e.